The smallest absolute Gasteiger partial charge is 0.270 e. The van der Waals surface area contributed by atoms with Crippen molar-refractivity contribution in [2.75, 3.05) is 24.7 Å². The van der Waals surface area contributed by atoms with Crippen LogP contribution in [0.4, 0.5) is 5.69 Å². The minimum atomic E-state index is -0.710. The van der Waals surface area contributed by atoms with Crippen molar-refractivity contribution in [2.45, 2.75) is 13.0 Å². The highest BCUT2D eigenvalue weighted by Crippen LogP contribution is 2.35. The largest absolute Gasteiger partial charge is 0.486 e. The van der Waals surface area contributed by atoms with Gasteiger partial charge < -0.3 is 29.9 Å². The van der Waals surface area contributed by atoms with Crippen molar-refractivity contribution in [3.05, 3.63) is 35.7 Å². The van der Waals surface area contributed by atoms with Crippen molar-refractivity contribution in [1.82, 2.24) is 10.5 Å². The van der Waals surface area contributed by atoms with E-state index in [1.165, 1.54) is 6.07 Å². The number of hydrogen-bond acceptors (Lipinski definition) is 7. The van der Waals surface area contributed by atoms with E-state index in [0.717, 1.165) is 0 Å². The molecule has 3 N–H and O–H groups in total. The third-order valence-electron chi connectivity index (χ3n) is 4.58. The topological polar surface area (TPSA) is 137 Å². The number of nitrogens with two attached hydrogens (primary N) is 1. The molecule has 0 spiro atoms. The molecule has 1 unspecified atom stereocenters. The lowest BCUT2D eigenvalue weighted by molar-refractivity contribution is -0.126. The minimum Gasteiger partial charge on any atom is -0.486 e. The second kappa shape index (κ2) is 7.22. The number of benzene rings is 1. The monoisotopic (exact) mass is 386 g/mol. The molecule has 10 nitrogen and oxygen atoms in total. The quantitative estimate of drug-likeness (QED) is 0.749. The average molecular weight is 386 g/mol. The summed E-state index contributed by atoms with van der Waals surface area (Å²) in [5, 5.41) is 6.19. The summed E-state index contributed by atoms with van der Waals surface area (Å²) in [4.78, 5) is 37.4. The fourth-order valence-electron chi connectivity index (χ4n) is 3.16. The van der Waals surface area contributed by atoms with Crippen LogP contribution in [0.2, 0.25) is 0 Å². The lowest BCUT2D eigenvalue weighted by Crippen LogP contribution is -2.32. The highest BCUT2D eigenvalue weighted by Gasteiger charge is 2.35. The molecular weight excluding hydrogens is 368 g/mol. The van der Waals surface area contributed by atoms with Gasteiger partial charge in [0.15, 0.2) is 23.0 Å². The molecule has 1 fully saturated rings. The number of aromatic nitrogens is 1. The molecule has 28 heavy (non-hydrogen) atoms. The molecule has 1 saturated heterocycles. The maximum absolute atomic E-state index is 12.4. The van der Waals surface area contributed by atoms with Crippen molar-refractivity contribution < 1.29 is 28.4 Å². The van der Waals surface area contributed by atoms with Gasteiger partial charge in [-0.2, -0.15) is 0 Å². The number of primary amides is 1. The maximum atomic E-state index is 12.4. The Hall–Kier alpha value is -3.56. The van der Waals surface area contributed by atoms with E-state index in [1.807, 2.05) is 0 Å². The van der Waals surface area contributed by atoms with Crippen LogP contribution in [0.5, 0.6) is 11.5 Å². The van der Waals surface area contributed by atoms with Crippen LogP contribution in [-0.4, -0.2) is 42.6 Å². The number of ether oxygens (including phenoxy) is 2. The summed E-state index contributed by atoms with van der Waals surface area (Å²) in [5.74, 6) is -0.122. The van der Waals surface area contributed by atoms with E-state index >= 15 is 0 Å². The average Bonchev–Trinajstić information content (AvgIpc) is 3.33. The first-order valence-electron chi connectivity index (χ1n) is 8.74. The Kier molecular flexibility index (Phi) is 4.60. The molecule has 146 valence electrons. The molecule has 4 rings (SSSR count). The van der Waals surface area contributed by atoms with Crippen molar-refractivity contribution in [3.63, 3.8) is 0 Å². The normalized spacial score (nSPS) is 18.2. The number of carbonyl (C=O) groups is 3. The summed E-state index contributed by atoms with van der Waals surface area (Å²) in [6, 6.07) is 6.63. The molecule has 2 aromatic rings. The summed E-state index contributed by atoms with van der Waals surface area (Å²) in [6.45, 7) is 1.25. The van der Waals surface area contributed by atoms with Gasteiger partial charge in [-0.05, 0) is 12.1 Å². The number of amides is 3. The third kappa shape index (κ3) is 3.48. The van der Waals surface area contributed by atoms with Crippen LogP contribution < -0.4 is 25.4 Å². The van der Waals surface area contributed by atoms with Gasteiger partial charge in [-0.1, -0.05) is 5.16 Å². The second-order valence-corrected chi connectivity index (χ2v) is 6.49. The maximum Gasteiger partial charge on any atom is 0.270 e. The van der Waals surface area contributed by atoms with Gasteiger partial charge in [-0.3, -0.25) is 14.4 Å². The molecule has 1 atom stereocenters. The molecule has 2 aliphatic heterocycles. The van der Waals surface area contributed by atoms with Crippen LogP contribution >= 0.6 is 0 Å². The van der Waals surface area contributed by atoms with E-state index in [1.54, 1.807) is 23.1 Å². The van der Waals surface area contributed by atoms with Gasteiger partial charge in [0.25, 0.3) is 5.91 Å². The van der Waals surface area contributed by atoms with Gasteiger partial charge in [-0.25, -0.2) is 0 Å². The Labute approximate surface area is 159 Å². The fraction of sp³-hybridized carbons (Fsp3) is 0.333. The number of nitrogens with zero attached hydrogens (tertiary/aromatic N) is 2. The molecule has 2 aliphatic rings. The summed E-state index contributed by atoms with van der Waals surface area (Å²) in [6.07, 6.45) is 0.100. The van der Waals surface area contributed by atoms with Gasteiger partial charge in [0.05, 0.1) is 12.5 Å². The van der Waals surface area contributed by atoms with Gasteiger partial charge in [-0.15, -0.1) is 0 Å². The molecule has 0 bridgehead atoms. The van der Waals surface area contributed by atoms with Crippen LogP contribution in [-0.2, 0) is 16.1 Å². The number of carbonyl (C=O) groups excluding carboxylic acids is 3. The second-order valence-electron chi connectivity index (χ2n) is 6.49. The Bertz CT molecular complexity index is 940. The van der Waals surface area contributed by atoms with Crippen molar-refractivity contribution in [3.8, 4) is 11.5 Å². The van der Waals surface area contributed by atoms with Crippen molar-refractivity contribution in [1.29, 1.82) is 0 Å². The van der Waals surface area contributed by atoms with Crippen LogP contribution in [0.15, 0.2) is 28.8 Å². The zero-order chi connectivity index (χ0) is 19.7. The van der Waals surface area contributed by atoms with Crippen LogP contribution in [0.1, 0.15) is 22.7 Å². The number of nitrogens with one attached hydrogen (secondary N) is 1. The molecule has 3 heterocycles. The highest BCUT2D eigenvalue weighted by molar-refractivity contribution is 6.00. The van der Waals surface area contributed by atoms with Gasteiger partial charge in [0.1, 0.15) is 13.2 Å². The van der Waals surface area contributed by atoms with E-state index in [-0.39, 0.29) is 37.0 Å². The van der Waals surface area contributed by atoms with Gasteiger partial charge >= 0.3 is 0 Å². The first kappa shape index (κ1) is 17.8. The Balaban J connectivity index is 1.38. The Morgan fingerprint density at radius 1 is 1.21 bits per heavy atom. The van der Waals surface area contributed by atoms with E-state index in [0.29, 0.717) is 36.2 Å². The van der Waals surface area contributed by atoms with Gasteiger partial charge in [0, 0.05) is 30.8 Å². The predicted octanol–water partition coefficient (Wildman–Crippen LogP) is 0.214. The van der Waals surface area contributed by atoms with Gasteiger partial charge in [0.2, 0.25) is 11.8 Å². The lowest BCUT2D eigenvalue weighted by Gasteiger charge is -2.22. The van der Waals surface area contributed by atoms with Crippen LogP contribution in [0.3, 0.4) is 0 Å². The fourth-order valence-corrected chi connectivity index (χ4v) is 3.16. The molecule has 1 aromatic heterocycles. The first-order chi connectivity index (χ1) is 13.5. The molecule has 10 heteroatoms. The van der Waals surface area contributed by atoms with E-state index < -0.39 is 11.8 Å². The third-order valence-corrected chi connectivity index (χ3v) is 4.58. The molecule has 1 aromatic carbocycles. The van der Waals surface area contributed by atoms with Crippen molar-refractivity contribution >= 4 is 23.4 Å². The zero-order valence-electron chi connectivity index (χ0n) is 14.8. The SMILES string of the molecule is NC(=O)c1cc(CNC(=O)C2CC(=O)N(c3ccc4c(c3)OCCO4)C2)on1. The summed E-state index contributed by atoms with van der Waals surface area (Å²) in [7, 11) is 0. The molecule has 0 saturated carbocycles. The lowest BCUT2D eigenvalue weighted by atomic mass is 10.1. The minimum absolute atomic E-state index is 0.00919. The summed E-state index contributed by atoms with van der Waals surface area (Å²) < 4.78 is 16.0. The molecule has 0 aliphatic carbocycles. The summed E-state index contributed by atoms with van der Waals surface area (Å²) >= 11 is 0. The number of rotatable bonds is 5. The van der Waals surface area contributed by atoms with E-state index in [2.05, 4.69) is 10.5 Å². The van der Waals surface area contributed by atoms with Crippen LogP contribution in [0.25, 0.3) is 0 Å². The number of fused-ring (bicyclic) bond motifs is 1. The Morgan fingerprint density at radius 3 is 2.75 bits per heavy atom. The molecule has 0 radical (unpaired) electrons. The highest BCUT2D eigenvalue weighted by atomic mass is 16.6. The molecule has 3 amide bonds. The zero-order valence-corrected chi connectivity index (χ0v) is 14.8. The Morgan fingerprint density at radius 2 is 2.00 bits per heavy atom. The number of anilines is 1. The van der Waals surface area contributed by atoms with E-state index in [4.69, 9.17) is 19.7 Å². The predicted molar refractivity (Wildman–Crippen MR) is 94.8 cm³/mol. The van der Waals surface area contributed by atoms with Crippen LogP contribution in [0, 0.1) is 5.92 Å². The van der Waals surface area contributed by atoms with E-state index in [9.17, 15) is 14.4 Å². The first-order valence-corrected chi connectivity index (χ1v) is 8.74. The summed E-state index contributed by atoms with van der Waals surface area (Å²) in [5.41, 5.74) is 5.75. The number of hydrogen-bond donors (Lipinski definition) is 2. The standard InChI is InChI=1S/C18H18N4O6/c19-17(24)13-7-12(28-21-13)8-20-18(25)10-5-16(23)22(9-10)11-1-2-14-15(6-11)27-4-3-26-14/h1-2,6-7,10H,3-5,8-9H2,(H2,19,24)(H,20,25). The molecular formula is C18H18N4O6. The van der Waals surface area contributed by atoms with Crippen molar-refractivity contribution in [2.24, 2.45) is 11.7 Å².